The van der Waals surface area contributed by atoms with Gasteiger partial charge in [-0.3, -0.25) is 0 Å². The molecule has 98 valence electrons. The standard InChI is InChI=1S/C10H22ClNO3S/c1-9(2)16(13,14)6-5-12(3)7-10(11)8-15-4/h9-10H,5-8H2,1-4H3. The largest absolute Gasteiger partial charge is 0.383 e. The lowest BCUT2D eigenvalue weighted by atomic mass is 10.4. The van der Waals surface area contributed by atoms with Crippen LogP contribution in [0, 0.1) is 0 Å². The zero-order valence-corrected chi connectivity index (χ0v) is 12.0. The van der Waals surface area contributed by atoms with Gasteiger partial charge < -0.3 is 9.64 Å². The molecule has 1 atom stereocenters. The predicted molar refractivity (Wildman–Crippen MR) is 67.9 cm³/mol. The monoisotopic (exact) mass is 271 g/mol. The van der Waals surface area contributed by atoms with Crippen LogP contribution in [0.2, 0.25) is 0 Å². The van der Waals surface area contributed by atoms with Gasteiger partial charge in [0.2, 0.25) is 0 Å². The van der Waals surface area contributed by atoms with Gasteiger partial charge >= 0.3 is 0 Å². The summed E-state index contributed by atoms with van der Waals surface area (Å²) in [4.78, 5) is 1.91. The number of hydrogen-bond acceptors (Lipinski definition) is 4. The number of ether oxygens (including phenoxy) is 1. The maximum Gasteiger partial charge on any atom is 0.153 e. The van der Waals surface area contributed by atoms with Crippen molar-refractivity contribution >= 4 is 21.4 Å². The number of hydrogen-bond donors (Lipinski definition) is 0. The molecule has 0 aromatic carbocycles. The second-order valence-corrected chi connectivity index (χ2v) is 7.52. The Kier molecular flexibility index (Phi) is 7.55. The highest BCUT2D eigenvalue weighted by Gasteiger charge is 2.17. The average Bonchev–Trinajstić information content (AvgIpc) is 2.15. The summed E-state index contributed by atoms with van der Waals surface area (Å²) in [6.45, 7) is 5.01. The minimum Gasteiger partial charge on any atom is -0.383 e. The molecular formula is C10H22ClNO3S. The quantitative estimate of drug-likeness (QED) is 0.618. The average molecular weight is 272 g/mol. The van der Waals surface area contributed by atoms with E-state index in [-0.39, 0.29) is 16.4 Å². The Labute approximate surface area is 104 Å². The highest BCUT2D eigenvalue weighted by Crippen LogP contribution is 2.03. The predicted octanol–water partition coefficient (Wildman–Crippen LogP) is 0.995. The van der Waals surface area contributed by atoms with E-state index < -0.39 is 9.84 Å². The molecule has 4 nitrogen and oxygen atoms in total. The van der Waals surface area contributed by atoms with Crippen molar-refractivity contribution in [3.63, 3.8) is 0 Å². The molecule has 0 bridgehead atoms. The van der Waals surface area contributed by atoms with Crippen LogP contribution in [-0.2, 0) is 14.6 Å². The molecule has 0 saturated carbocycles. The molecule has 1 unspecified atom stereocenters. The highest BCUT2D eigenvalue weighted by molar-refractivity contribution is 7.92. The van der Waals surface area contributed by atoms with Crippen LogP contribution in [-0.4, -0.2) is 63.6 Å². The fraction of sp³-hybridized carbons (Fsp3) is 1.00. The van der Waals surface area contributed by atoms with Crippen LogP contribution in [0.4, 0.5) is 0 Å². The molecule has 0 aliphatic rings. The van der Waals surface area contributed by atoms with E-state index in [4.69, 9.17) is 16.3 Å². The number of nitrogens with zero attached hydrogens (tertiary/aromatic N) is 1. The van der Waals surface area contributed by atoms with Crippen LogP contribution in [0.1, 0.15) is 13.8 Å². The number of sulfone groups is 1. The first-order chi connectivity index (χ1) is 7.29. The first-order valence-corrected chi connectivity index (χ1v) is 7.48. The number of methoxy groups -OCH3 is 1. The fourth-order valence-corrected chi connectivity index (χ4v) is 2.58. The van der Waals surface area contributed by atoms with E-state index in [0.717, 1.165) is 0 Å². The van der Waals surface area contributed by atoms with Crippen molar-refractivity contribution in [3.8, 4) is 0 Å². The van der Waals surface area contributed by atoms with Crippen molar-refractivity contribution in [3.05, 3.63) is 0 Å². The van der Waals surface area contributed by atoms with Crippen LogP contribution in [0.5, 0.6) is 0 Å². The van der Waals surface area contributed by atoms with Crippen molar-refractivity contribution in [2.75, 3.05) is 39.6 Å². The molecule has 6 heteroatoms. The molecule has 0 radical (unpaired) electrons. The van der Waals surface area contributed by atoms with Crippen LogP contribution in [0.15, 0.2) is 0 Å². The molecule has 0 heterocycles. The summed E-state index contributed by atoms with van der Waals surface area (Å²) >= 11 is 5.97. The summed E-state index contributed by atoms with van der Waals surface area (Å²) in [6, 6.07) is 0. The molecule has 0 aliphatic carbocycles. The van der Waals surface area contributed by atoms with Gasteiger partial charge in [-0.05, 0) is 20.9 Å². The Balaban J connectivity index is 3.94. The second-order valence-electron chi connectivity index (χ2n) is 4.23. The Morgan fingerprint density at radius 1 is 1.38 bits per heavy atom. The summed E-state index contributed by atoms with van der Waals surface area (Å²) in [5.41, 5.74) is 0. The maximum atomic E-state index is 11.6. The van der Waals surface area contributed by atoms with Gasteiger partial charge in [-0.25, -0.2) is 8.42 Å². The van der Waals surface area contributed by atoms with Crippen LogP contribution in [0.25, 0.3) is 0 Å². The smallest absolute Gasteiger partial charge is 0.153 e. The summed E-state index contributed by atoms with van der Waals surface area (Å²) in [7, 11) is 0.500. The van der Waals surface area contributed by atoms with Gasteiger partial charge in [0.05, 0.1) is 23.0 Å². The van der Waals surface area contributed by atoms with Gasteiger partial charge in [0.15, 0.2) is 9.84 Å². The molecule has 0 saturated heterocycles. The first-order valence-electron chi connectivity index (χ1n) is 5.32. The normalized spacial score (nSPS) is 14.7. The minimum absolute atomic E-state index is 0.100. The van der Waals surface area contributed by atoms with Gasteiger partial charge in [-0.15, -0.1) is 11.6 Å². The van der Waals surface area contributed by atoms with Crippen molar-refractivity contribution in [2.24, 2.45) is 0 Å². The molecule has 0 amide bonds. The van der Waals surface area contributed by atoms with Crippen molar-refractivity contribution < 1.29 is 13.2 Å². The van der Waals surface area contributed by atoms with Gasteiger partial charge in [0.25, 0.3) is 0 Å². The van der Waals surface area contributed by atoms with E-state index >= 15 is 0 Å². The van der Waals surface area contributed by atoms with Crippen LogP contribution < -0.4 is 0 Å². The van der Waals surface area contributed by atoms with Crippen LogP contribution in [0.3, 0.4) is 0 Å². The summed E-state index contributed by atoms with van der Waals surface area (Å²) in [5.74, 6) is 0.178. The first kappa shape index (κ1) is 16.2. The van der Waals surface area contributed by atoms with E-state index in [1.54, 1.807) is 21.0 Å². The minimum atomic E-state index is -2.96. The Morgan fingerprint density at radius 3 is 2.38 bits per heavy atom. The molecule has 0 aliphatic heterocycles. The second kappa shape index (κ2) is 7.48. The molecule has 0 spiro atoms. The summed E-state index contributed by atoms with van der Waals surface area (Å²) in [5, 5.41) is -0.413. The van der Waals surface area contributed by atoms with Gasteiger partial charge in [0.1, 0.15) is 0 Å². The van der Waals surface area contributed by atoms with Gasteiger partial charge in [0, 0.05) is 20.2 Å². The molecule has 16 heavy (non-hydrogen) atoms. The topological polar surface area (TPSA) is 46.6 Å². The number of halogens is 1. The molecule has 0 aromatic heterocycles. The van der Waals surface area contributed by atoms with E-state index in [0.29, 0.717) is 19.7 Å². The fourth-order valence-electron chi connectivity index (χ4n) is 1.18. The highest BCUT2D eigenvalue weighted by atomic mass is 35.5. The lowest BCUT2D eigenvalue weighted by Gasteiger charge is -2.20. The van der Waals surface area contributed by atoms with E-state index in [2.05, 4.69) is 0 Å². The summed E-state index contributed by atoms with van der Waals surface area (Å²) in [6.07, 6.45) is 0. The molecular weight excluding hydrogens is 250 g/mol. The molecule has 0 N–H and O–H groups in total. The maximum absolute atomic E-state index is 11.6. The van der Waals surface area contributed by atoms with Crippen molar-refractivity contribution in [1.82, 2.24) is 4.90 Å². The van der Waals surface area contributed by atoms with E-state index in [9.17, 15) is 8.42 Å². The van der Waals surface area contributed by atoms with E-state index in [1.165, 1.54) is 0 Å². The summed E-state index contributed by atoms with van der Waals surface area (Å²) < 4.78 is 28.0. The zero-order valence-electron chi connectivity index (χ0n) is 10.4. The Bertz CT molecular complexity index is 280. The van der Waals surface area contributed by atoms with Gasteiger partial charge in [-0.1, -0.05) is 0 Å². The number of alkyl halides is 1. The molecule has 0 aromatic rings. The zero-order chi connectivity index (χ0) is 12.8. The Morgan fingerprint density at radius 2 is 1.94 bits per heavy atom. The third-order valence-corrected chi connectivity index (χ3v) is 4.79. The lowest BCUT2D eigenvalue weighted by Crippen LogP contribution is -2.34. The SMILES string of the molecule is COCC(Cl)CN(C)CCS(=O)(=O)C(C)C. The Hall–Kier alpha value is 0.160. The van der Waals surface area contributed by atoms with E-state index in [1.807, 2.05) is 11.9 Å². The van der Waals surface area contributed by atoms with Crippen LogP contribution >= 0.6 is 11.6 Å². The number of rotatable bonds is 8. The molecule has 0 fully saturated rings. The third-order valence-electron chi connectivity index (χ3n) is 2.33. The third kappa shape index (κ3) is 6.68. The van der Waals surface area contributed by atoms with Gasteiger partial charge in [-0.2, -0.15) is 0 Å². The lowest BCUT2D eigenvalue weighted by molar-refractivity contribution is 0.184. The van der Waals surface area contributed by atoms with Crippen molar-refractivity contribution in [2.45, 2.75) is 24.5 Å². The van der Waals surface area contributed by atoms with Crippen molar-refractivity contribution in [1.29, 1.82) is 0 Å². The molecule has 0 rings (SSSR count).